The summed E-state index contributed by atoms with van der Waals surface area (Å²) >= 11 is 0. The van der Waals surface area contributed by atoms with Gasteiger partial charge in [-0.2, -0.15) is 0 Å². The summed E-state index contributed by atoms with van der Waals surface area (Å²) in [5, 5.41) is 11.5. The number of rotatable bonds is 4. The molecule has 126 valence electrons. The largest absolute Gasteiger partial charge is 0.389 e. The molecule has 1 atom stereocenters. The topological polar surface area (TPSA) is 63.3 Å². The zero-order valence-electron chi connectivity index (χ0n) is 14.2. The van der Waals surface area contributed by atoms with Crippen LogP contribution in [-0.2, 0) is 0 Å². The van der Waals surface area contributed by atoms with Crippen LogP contribution in [0.5, 0.6) is 0 Å². The monoisotopic (exact) mass is 323 g/mol. The van der Waals surface area contributed by atoms with Crippen LogP contribution < -0.4 is 5.73 Å². The average molecular weight is 323 g/mol. The summed E-state index contributed by atoms with van der Waals surface area (Å²) in [5.41, 5.74) is 8.25. The lowest BCUT2D eigenvalue weighted by Gasteiger charge is -2.41. The zero-order chi connectivity index (χ0) is 17.2. The number of benzene rings is 2. The number of hydrogen-bond acceptors (Lipinski definition) is 2. The van der Waals surface area contributed by atoms with Gasteiger partial charge in [0.15, 0.2) is 0 Å². The smallest absolute Gasteiger partial charge is 0.249 e. The van der Waals surface area contributed by atoms with Crippen LogP contribution in [0.25, 0.3) is 0 Å². The van der Waals surface area contributed by atoms with Crippen molar-refractivity contribution in [2.45, 2.75) is 50.5 Å². The predicted molar refractivity (Wildman–Crippen MR) is 96.0 cm³/mol. The average Bonchev–Trinajstić information content (AvgIpc) is 2.58. The molecule has 0 spiro atoms. The van der Waals surface area contributed by atoms with E-state index >= 15 is 0 Å². The molecule has 1 unspecified atom stereocenters. The summed E-state index contributed by atoms with van der Waals surface area (Å²) in [6.45, 7) is 1.99. The molecule has 0 saturated heterocycles. The Bertz CT molecular complexity index is 718. The minimum Gasteiger partial charge on any atom is -0.389 e. The molecule has 1 aliphatic carbocycles. The van der Waals surface area contributed by atoms with Crippen LogP contribution in [-0.4, -0.2) is 16.6 Å². The van der Waals surface area contributed by atoms with E-state index in [1.165, 1.54) is 0 Å². The molecule has 3 N–H and O–H groups in total. The van der Waals surface area contributed by atoms with Crippen molar-refractivity contribution >= 4 is 5.91 Å². The predicted octanol–water partition coefficient (Wildman–Crippen LogP) is 3.92. The molecule has 1 aliphatic rings. The van der Waals surface area contributed by atoms with Crippen LogP contribution in [0, 0.1) is 6.92 Å². The van der Waals surface area contributed by atoms with Gasteiger partial charge in [-0.15, -0.1) is 0 Å². The first-order valence-electron chi connectivity index (χ1n) is 8.69. The minimum atomic E-state index is -0.837. The second kappa shape index (κ2) is 6.78. The van der Waals surface area contributed by atoms with E-state index in [1.807, 2.05) is 49.4 Å². The molecule has 1 fully saturated rings. The molecule has 1 saturated carbocycles. The molecular formula is C21H25NO2. The van der Waals surface area contributed by atoms with Crippen molar-refractivity contribution in [2.75, 3.05) is 0 Å². The number of hydrogen-bond donors (Lipinski definition) is 2. The van der Waals surface area contributed by atoms with E-state index < -0.39 is 11.5 Å². The summed E-state index contributed by atoms with van der Waals surface area (Å²) in [4.78, 5) is 12.0. The number of nitrogens with two attached hydrogens (primary N) is 1. The second-order valence-corrected chi connectivity index (χ2v) is 6.91. The van der Waals surface area contributed by atoms with Gasteiger partial charge in [0.25, 0.3) is 0 Å². The number of aryl methyl sites for hydroxylation is 1. The van der Waals surface area contributed by atoms with Crippen LogP contribution in [0.15, 0.2) is 48.5 Å². The summed E-state index contributed by atoms with van der Waals surface area (Å²) < 4.78 is 0. The third kappa shape index (κ3) is 3.09. The summed E-state index contributed by atoms with van der Waals surface area (Å²) in [7, 11) is 0. The fraction of sp³-hybridized carbons (Fsp3) is 0.381. The van der Waals surface area contributed by atoms with Crippen molar-refractivity contribution in [1.29, 1.82) is 0 Å². The lowest BCUT2D eigenvalue weighted by Crippen LogP contribution is -2.40. The number of aliphatic hydroxyl groups is 1. The first-order chi connectivity index (χ1) is 11.5. The fourth-order valence-electron chi connectivity index (χ4n) is 4.12. The fourth-order valence-corrected chi connectivity index (χ4v) is 4.12. The molecule has 3 rings (SSSR count). The van der Waals surface area contributed by atoms with Crippen molar-refractivity contribution in [3.8, 4) is 0 Å². The van der Waals surface area contributed by atoms with Gasteiger partial charge < -0.3 is 10.8 Å². The van der Waals surface area contributed by atoms with Crippen LogP contribution in [0.4, 0.5) is 0 Å². The lowest BCUT2D eigenvalue weighted by molar-refractivity contribution is -0.0113. The first kappa shape index (κ1) is 16.7. The zero-order valence-corrected chi connectivity index (χ0v) is 14.2. The highest BCUT2D eigenvalue weighted by atomic mass is 16.3. The first-order valence-corrected chi connectivity index (χ1v) is 8.69. The number of carbonyl (C=O) groups excluding carboxylic acids is 1. The van der Waals surface area contributed by atoms with E-state index in [-0.39, 0.29) is 5.92 Å². The van der Waals surface area contributed by atoms with Crippen LogP contribution in [0.3, 0.4) is 0 Å². The maximum atomic E-state index is 12.0. The van der Waals surface area contributed by atoms with Gasteiger partial charge in [-0.3, -0.25) is 4.79 Å². The highest BCUT2D eigenvalue weighted by Gasteiger charge is 2.41. The van der Waals surface area contributed by atoms with Crippen molar-refractivity contribution in [2.24, 2.45) is 5.73 Å². The molecule has 3 nitrogen and oxygen atoms in total. The van der Waals surface area contributed by atoms with E-state index in [0.717, 1.165) is 48.8 Å². The number of amides is 1. The Labute approximate surface area is 143 Å². The van der Waals surface area contributed by atoms with E-state index in [1.54, 1.807) is 6.07 Å². The van der Waals surface area contributed by atoms with Gasteiger partial charge in [-0.25, -0.2) is 0 Å². The van der Waals surface area contributed by atoms with Crippen LogP contribution in [0.1, 0.15) is 65.1 Å². The van der Waals surface area contributed by atoms with Crippen molar-refractivity contribution < 1.29 is 9.90 Å². The molecular weight excluding hydrogens is 298 g/mol. The Hall–Kier alpha value is -2.13. The second-order valence-electron chi connectivity index (χ2n) is 6.91. The van der Waals surface area contributed by atoms with Gasteiger partial charge in [-0.1, -0.05) is 61.7 Å². The molecule has 0 aromatic heterocycles. The van der Waals surface area contributed by atoms with E-state index in [4.69, 9.17) is 5.73 Å². The molecule has 1 amide bonds. The molecule has 24 heavy (non-hydrogen) atoms. The quantitative estimate of drug-likeness (QED) is 0.895. The number of carbonyl (C=O) groups is 1. The third-order valence-corrected chi connectivity index (χ3v) is 5.27. The maximum Gasteiger partial charge on any atom is 0.249 e. The molecule has 0 radical (unpaired) electrons. The van der Waals surface area contributed by atoms with Gasteiger partial charge in [-0.05, 0) is 42.5 Å². The Morgan fingerprint density at radius 2 is 1.71 bits per heavy atom. The van der Waals surface area contributed by atoms with E-state index in [9.17, 15) is 9.90 Å². The molecule has 0 heterocycles. The number of primary amides is 1. The van der Waals surface area contributed by atoms with Crippen molar-refractivity contribution in [3.05, 3.63) is 70.8 Å². The lowest BCUT2D eigenvalue weighted by atomic mass is 9.68. The van der Waals surface area contributed by atoms with Gasteiger partial charge in [0.1, 0.15) is 0 Å². The SMILES string of the molecule is Cc1cccc(C(N)=O)c1C(c1ccccc1)C1(O)CCCCC1. The van der Waals surface area contributed by atoms with Crippen molar-refractivity contribution in [1.82, 2.24) is 0 Å². The van der Waals surface area contributed by atoms with E-state index in [0.29, 0.717) is 5.56 Å². The van der Waals surface area contributed by atoms with Gasteiger partial charge in [0.2, 0.25) is 5.91 Å². The van der Waals surface area contributed by atoms with Crippen LogP contribution >= 0.6 is 0 Å². The van der Waals surface area contributed by atoms with E-state index in [2.05, 4.69) is 0 Å². The van der Waals surface area contributed by atoms with Crippen molar-refractivity contribution in [3.63, 3.8) is 0 Å². The summed E-state index contributed by atoms with van der Waals surface area (Å²) in [5.74, 6) is -0.670. The Morgan fingerprint density at radius 1 is 1.04 bits per heavy atom. The highest BCUT2D eigenvalue weighted by molar-refractivity contribution is 5.95. The Balaban J connectivity index is 2.22. The van der Waals surface area contributed by atoms with Crippen LogP contribution in [0.2, 0.25) is 0 Å². The maximum absolute atomic E-state index is 12.0. The summed E-state index contributed by atoms with van der Waals surface area (Å²) in [6, 6.07) is 15.6. The van der Waals surface area contributed by atoms with Gasteiger partial charge >= 0.3 is 0 Å². The minimum absolute atomic E-state index is 0.234. The normalized spacial score (nSPS) is 18.1. The molecule has 2 aromatic carbocycles. The molecule has 0 bridgehead atoms. The molecule has 0 aliphatic heterocycles. The summed E-state index contributed by atoms with van der Waals surface area (Å²) in [6.07, 6.45) is 4.67. The molecule has 3 heteroatoms. The Morgan fingerprint density at radius 3 is 2.33 bits per heavy atom. The third-order valence-electron chi connectivity index (χ3n) is 5.27. The Kier molecular flexibility index (Phi) is 4.72. The standard InChI is InChI=1S/C21H25NO2/c1-15-9-8-12-17(20(22)23)18(15)19(16-10-4-2-5-11-16)21(24)13-6-3-7-14-21/h2,4-5,8-12,19,24H,3,6-7,13-14H2,1H3,(H2,22,23). The molecule has 2 aromatic rings. The van der Waals surface area contributed by atoms with Gasteiger partial charge in [0.05, 0.1) is 5.60 Å². The van der Waals surface area contributed by atoms with Gasteiger partial charge in [0, 0.05) is 11.5 Å². The highest BCUT2D eigenvalue weighted by Crippen LogP contribution is 2.45.